The molecule has 37 heavy (non-hydrogen) atoms. The van der Waals surface area contributed by atoms with Gasteiger partial charge in [0.1, 0.15) is 22.8 Å². The van der Waals surface area contributed by atoms with E-state index >= 15 is 0 Å². The molecule has 2 aromatic rings. The van der Waals surface area contributed by atoms with Crippen molar-refractivity contribution in [2.45, 2.75) is 31.3 Å². The first kappa shape index (κ1) is 24.2. The van der Waals surface area contributed by atoms with Crippen LogP contribution < -0.4 is 5.73 Å². The smallest absolute Gasteiger partial charge is 0.255 e. The number of aromatic nitrogens is 1. The van der Waals surface area contributed by atoms with E-state index in [1.54, 1.807) is 24.4 Å². The molecule has 1 aromatic heterocycles. The second-order valence-electron chi connectivity index (χ2n) is 9.41. The van der Waals surface area contributed by atoms with Gasteiger partial charge in [0.05, 0.1) is 12.0 Å². The highest BCUT2D eigenvalue weighted by atomic mass is 16.3. The molecule has 0 aliphatic heterocycles. The second kappa shape index (κ2) is 8.56. The molecule has 0 bridgehead atoms. The minimum Gasteiger partial charge on any atom is -0.511 e. The number of primary amides is 1. The van der Waals surface area contributed by atoms with Crippen LogP contribution in [0.1, 0.15) is 44.8 Å². The third kappa shape index (κ3) is 3.50. The molecule has 3 aliphatic carbocycles. The summed E-state index contributed by atoms with van der Waals surface area (Å²) in [6.45, 7) is 0. The van der Waals surface area contributed by atoms with Crippen molar-refractivity contribution in [1.82, 2.24) is 4.98 Å². The van der Waals surface area contributed by atoms with Gasteiger partial charge in [0.2, 0.25) is 5.78 Å². The average Bonchev–Trinajstić information content (AvgIpc) is 2.84. The number of nitroso groups, excluding NO2 is 1. The standard InChI is InChI=1S/C26H21N3O8/c27-25(35)21-18(32)9-12-7-11-8-15-14(17(31)10-13-3-1-2-6-28-13)4-5-16(30)20(15)22(33)19(11)23(29-37)26(12,36)24(21)34/h1-6,11-12,30,32,36H,7-10H2,(H2,27,35)/t11-,12+,26+/m1/s1. The number of carbonyl (C=O) groups excluding carboxylic acids is 4. The Morgan fingerprint density at radius 3 is 2.54 bits per heavy atom. The van der Waals surface area contributed by atoms with Crippen LogP contribution in [0.5, 0.6) is 5.75 Å². The van der Waals surface area contributed by atoms with Gasteiger partial charge in [-0.15, -0.1) is 4.91 Å². The molecule has 0 spiro atoms. The number of phenols is 1. The fraction of sp³-hybridized carbons (Fsp3) is 0.269. The van der Waals surface area contributed by atoms with Crippen LogP contribution in [0.3, 0.4) is 0 Å². The van der Waals surface area contributed by atoms with Gasteiger partial charge in [0.25, 0.3) is 5.91 Å². The number of carbonyl (C=O) groups is 4. The summed E-state index contributed by atoms with van der Waals surface area (Å²) in [5.74, 6) is -6.68. The predicted molar refractivity (Wildman–Crippen MR) is 126 cm³/mol. The van der Waals surface area contributed by atoms with E-state index in [1.807, 2.05) is 0 Å². The fourth-order valence-corrected chi connectivity index (χ4v) is 5.76. The minimum absolute atomic E-state index is 0.0288. The third-order valence-corrected chi connectivity index (χ3v) is 7.40. The van der Waals surface area contributed by atoms with Crippen molar-refractivity contribution in [1.29, 1.82) is 0 Å². The lowest BCUT2D eigenvalue weighted by Crippen LogP contribution is -2.56. The molecule has 0 unspecified atom stereocenters. The highest BCUT2D eigenvalue weighted by Gasteiger charge is 2.60. The molecule has 1 amide bonds. The van der Waals surface area contributed by atoms with Gasteiger partial charge < -0.3 is 21.1 Å². The molecule has 3 atom stereocenters. The lowest BCUT2D eigenvalue weighted by molar-refractivity contribution is -0.140. The van der Waals surface area contributed by atoms with Gasteiger partial charge in [0.15, 0.2) is 17.2 Å². The number of rotatable bonds is 5. The number of ketones is 3. The molecule has 1 aromatic carbocycles. The second-order valence-corrected chi connectivity index (χ2v) is 9.41. The summed E-state index contributed by atoms with van der Waals surface area (Å²) in [7, 11) is 0. The number of allylic oxidation sites excluding steroid dienone is 2. The molecular formula is C26H21N3O8. The number of nitrogens with zero attached hydrogens (tertiary/aromatic N) is 2. The Balaban J connectivity index is 1.64. The molecule has 188 valence electrons. The summed E-state index contributed by atoms with van der Waals surface area (Å²) < 4.78 is 0. The molecule has 0 saturated heterocycles. The lowest BCUT2D eigenvalue weighted by atomic mass is 9.59. The van der Waals surface area contributed by atoms with E-state index in [-0.39, 0.29) is 53.7 Å². The fourth-order valence-electron chi connectivity index (χ4n) is 5.76. The highest BCUT2D eigenvalue weighted by Crippen LogP contribution is 2.52. The number of Topliss-reactive ketones (excluding diaryl/α,β-unsaturated/α-hetero) is 3. The van der Waals surface area contributed by atoms with Crippen molar-refractivity contribution in [2.24, 2.45) is 22.7 Å². The quantitative estimate of drug-likeness (QED) is 0.266. The minimum atomic E-state index is -2.65. The first-order chi connectivity index (χ1) is 17.6. The first-order valence-electron chi connectivity index (χ1n) is 11.5. The third-order valence-electron chi connectivity index (χ3n) is 7.40. The molecule has 0 fully saturated rings. The van der Waals surface area contributed by atoms with Crippen LogP contribution in [0.4, 0.5) is 0 Å². The predicted octanol–water partition coefficient (Wildman–Crippen LogP) is 1.61. The van der Waals surface area contributed by atoms with Crippen LogP contribution in [0.25, 0.3) is 0 Å². The molecule has 11 heteroatoms. The molecule has 5 N–H and O–H groups in total. The summed E-state index contributed by atoms with van der Waals surface area (Å²) in [6.07, 6.45) is 1.14. The van der Waals surface area contributed by atoms with Gasteiger partial charge in [-0.3, -0.25) is 24.2 Å². The van der Waals surface area contributed by atoms with Crippen molar-refractivity contribution in [3.05, 3.63) is 86.4 Å². The van der Waals surface area contributed by atoms with Gasteiger partial charge in [0, 0.05) is 35.4 Å². The van der Waals surface area contributed by atoms with Crippen molar-refractivity contribution < 1.29 is 34.5 Å². The van der Waals surface area contributed by atoms with Crippen LogP contribution in [-0.2, 0) is 22.4 Å². The van der Waals surface area contributed by atoms with Crippen molar-refractivity contribution in [2.75, 3.05) is 0 Å². The summed E-state index contributed by atoms with van der Waals surface area (Å²) in [4.78, 5) is 67.9. The van der Waals surface area contributed by atoms with Crippen molar-refractivity contribution >= 4 is 23.3 Å². The largest absolute Gasteiger partial charge is 0.511 e. The molecule has 0 saturated carbocycles. The summed E-state index contributed by atoms with van der Waals surface area (Å²) >= 11 is 0. The number of pyridine rings is 1. The number of aromatic hydroxyl groups is 1. The zero-order valence-electron chi connectivity index (χ0n) is 19.3. The molecular weight excluding hydrogens is 482 g/mol. The van der Waals surface area contributed by atoms with Crippen LogP contribution in [-0.4, -0.2) is 49.2 Å². The average molecular weight is 503 g/mol. The van der Waals surface area contributed by atoms with E-state index in [2.05, 4.69) is 10.2 Å². The van der Waals surface area contributed by atoms with Gasteiger partial charge in [-0.25, -0.2) is 0 Å². The van der Waals surface area contributed by atoms with Crippen molar-refractivity contribution in [3.63, 3.8) is 0 Å². The maximum Gasteiger partial charge on any atom is 0.255 e. The van der Waals surface area contributed by atoms with Crippen molar-refractivity contribution in [3.8, 4) is 5.75 Å². The zero-order chi connectivity index (χ0) is 26.6. The Kier molecular flexibility index (Phi) is 5.60. The van der Waals surface area contributed by atoms with Gasteiger partial charge in [-0.05, 0) is 53.8 Å². The number of phenolic OH excluding ortho intramolecular Hbond substituents is 1. The van der Waals surface area contributed by atoms with E-state index in [4.69, 9.17) is 5.73 Å². The van der Waals surface area contributed by atoms with Crippen LogP contribution >= 0.6 is 0 Å². The molecule has 0 radical (unpaired) electrons. The van der Waals surface area contributed by atoms with Crippen LogP contribution in [0.15, 0.2) is 64.3 Å². The lowest BCUT2D eigenvalue weighted by Gasteiger charge is -2.45. The zero-order valence-corrected chi connectivity index (χ0v) is 19.3. The Morgan fingerprint density at radius 1 is 1.14 bits per heavy atom. The number of hydrogen-bond donors (Lipinski definition) is 4. The molecule has 5 rings (SSSR count). The number of nitrogens with two attached hydrogens (primary N) is 1. The molecule has 1 heterocycles. The maximum atomic E-state index is 13.7. The van der Waals surface area contributed by atoms with Gasteiger partial charge in [-0.1, -0.05) is 6.07 Å². The number of fused-ring (bicyclic) bond motifs is 3. The summed E-state index contributed by atoms with van der Waals surface area (Å²) in [5, 5.41) is 35.1. The number of aliphatic hydroxyl groups is 2. The number of amides is 1. The number of aliphatic hydroxyl groups excluding tert-OH is 1. The molecule has 3 aliphatic rings. The van der Waals surface area contributed by atoms with Crippen LogP contribution in [0.2, 0.25) is 0 Å². The van der Waals surface area contributed by atoms with E-state index < -0.39 is 57.7 Å². The van der Waals surface area contributed by atoms with E-state index in [0.717, 1.165) is 0 Å². The first-order valence-corrected chi connectivity index (χ1v) is 11.5. The highest BCUT2D eigenvalue weighted by molar-refractivity contribution is 6.24. The summed E-state index contributed by atoms with van der Waals surface area (Å²) in [6, 6.07) is 7.73. The van der Waals surface area contributed by atoms with Gasteiger partial charge >= 0.3 is 0 Å². The van der Waals surface area contributed by atoms with Crippen LogP contribution in [0, 0.1) is 16.7 Å². The monoisotopic (exact) mass is 503 g/mol. The van der Waals surface area contributed by atoms with E-state index in [0.29, 0.717) is 5.69 Å². The topological polar surface area (TPSA) is 197 Å². The number of benzene rings is 1. The summed E-state index contributed by atoms with van der Waals surface area (Å²) in [5.41, 5.74) is 1.42. The Labute approximate surface area is 209 Å². The maximum absolute atomic E-state index is 13.7. The Hall–Kier alpha value is -4.51. The molecule has 11 nitrogen and oxygen atoms in total. The SMILES string of the molecule is NC(=O)C1=C(O)C[C@@H]2C[C@@H]3Cc4c(C(=O)Cc5ccccn5)ccc(O)c4C(=O)C3=C(N=O)[C@]2(O)C1=O. The number of hydrogen-bond acceptors (Lipinski definition) is 10. The van der Waals surface area contributed by atoms with Gasteiger partial charge in [-0.2, -0.15) is 0 Å². The normalized spacial score (nSPS) is 24.8. The van der Waals surface area contributed by atoms with E-state index in [9.17, 15) is 39.4 Å². The Bertz CT molecular complexity index is 1480. The Morgan fingerprint density at radius 2 is 1.89 bits per heavy atom. The van der Waals surface area contributed by atoms with E-state index in [1.165, 1.54) is 12.1 Å².